The van der Waals surface area contributed by atoms with Gasteiger partial charge >= 0.3 is 0 Å². The van der Waals surface area contributed by atoms with Crippen LogP contribution in [0.1, 0.15) is 18.3 Å². The van der Waals surface area contributed by atoms with Gasteiger partial charge in [0.25, 0.3) is 0 Å². The number of carbonyl (C=O) groups excluding carboxylic acids is 1. The van der Waals surface area contributed by atoms with Gasteiger partial charge in [0.1, 0.15) is 17.7 Å². The number of alkyl halides is 1. The third kappa shape index (κ3) is 1.89. The molecular formula is C13H13ClFN3O. The van der Waals surface area contributed by atoms with Crippen molar-refractivity contribution in [1.82, 2.24) is 14.5 Å². The van der Waals surface area contributed by atoms with Crippen LogP contribution in [-0.4, -0.2) is 34.0 Å². The second kappa shape index (κ2) is 4.49. The van der Waals surface area contributed by atoms with Gasteiger partial charge in [0.2, 0.25) is 5.91 Å². The summed E-state index contributed by atoms with van der Waals surface area (Å²) in [6, 6.07) is 4.05. The van der Waals surface area contributed by atoms with Crippen molar-refractivity contribution < 1.29 is 9.18 Å². The molecule has 3 rings (SSSR count). The summed E-state index contributed by atoms with van der Waals surface area (Å²) < 4.78 is 15.2. The molecule has 1 aliphatic heterocycles. The van der Waals surface area contributed by atoms with E-state index in [2.05, 4.69) is 4.98 Å². The smallest absolute Gasteiger partial charge is 0.245 e. The molecule has 0 radical (unpaired) electrons. The van der Waals surface area contributed by atoms with Gasteiger partial charge in [0.15, 0.2) is 0 Å². The van der Waals surface area contributed by atoms with Crippen molar-refractivity contribution in [3.05, 3.63) is 29.8 Å². The number of hydrogen-bond donors (Lipinski definition) is 0. The third-order valence-corrected chi connectivity index (χ3v) is 3.79. The fraction of sp³-hybridized carbons (Fsp3) is 0.385. The van der Waals surface area contributed by atoms with Crippen molar-refractivity contribution >= 4 is 28.5 Å². The number of carbonyl (C=O) groups is 1. The number of amides is 1. The van der Waals surface area contributed by atoms with E-state index in [9.17, 15) is 9.18 Å². The van der Waals surface area contributed by atoms with Gasteiger partial charge in [-0.2, -0.15) is 0 Å². The van der Waals surface area contributed by atoms with Crippen molar-refractivity contribution in [2.45, 2.75) is 18.3 Å². The molecule has 1 fully saturated rings. The molecule has 1 aliphatic rings. The minimum Gasteiger partial charge on any atom is -0.344 e. The molecule has 2 heterocycles. The predicted octanol–water partition coefficient (Wildman–Crippen LogP) is 2.32. The molecular weight excluding hydrogens is 269 g/mol. The minimum atomic E-state index is -0.339. The second-order valence-corrected chi connectivity index (χ2v) is 5.00. The zero-order valence-corrected chi connectivity index (χ0v) is 11.2. The van der Waals surface area contributed by atoms with Crippen LogP contribution in [0.25, 0.3) is 11.0 Å². The van der Waals surface area contributed by atoms with E-state index in [1.807, 2.05) is 0 Å². The van der Waals surface area contributed by atoms with Crippen molar-refractivity contribution in [3.8, 4) is 0 Å². The van der Waals surface area contributed by atoms with Gasteiger partial charge in [-0.1, -0.05) is 0 Å². The Balaban J connectivity index is 2.20. The molecule has 0 spiro atoms. The average molecular weight is 282 g/mol. The number of benzene rings is 1. The summed E-state index contributed by atoms with van der Waals surface area (Å²) in [4.78, 5) is 18.2. The molecule has 1 aromatic heterocycles. The number of aromatic nitrogens is 2. The van der Waals surface area contributed by atoms with E-state index in [0.717, 1.165) is 0 Å². The van der Waals surface area contributed by atoms with Crippen LogP contribution >= 0.6 is 11.6 Å². The molecule has 19 heavy (non-hydrogen) atoms. The van der Waals surface area contributed by atoms with Gasteiger partial charge < -0.3 is 9.47 Å². The number of rotatable bonds is 2. The van der Waals surface area contributed by atoms with Crippen LogP contribution in [0.4, 0.5) is 4.39 Å². The van der Waals surface area contributed by atoms with Gasteiger partial charge in [0.05, 0.1) is 16.9 Å². The molecule has 1 aromatic carbocycles. The van der Waals surface area contributed by atoms with Gasteiger partial charge in [-0.15, -0.1) is 11.6 Å². The first-order chi connectivity index (χ1) is 9.11. The number of likely N-dealkylation sites (tertiary alicyclic amines) is 1. The molecule has 0 bridgehead atoms. The van der Waals surface area contributed by atoms with E-state index in [-0.39, 0.29) is 23.6 Å². The predicted molar refractivity (Wildman–Crippen MR) is 70.5 cm³/mol. The molecule has 1 saturated heterocycles. The highest BCUT2D eigenvalue weighted by Gasteiger charge is 2.33. The number of hydrogen-bond acceptors (Lipinski definition) is 2. The minimum absolute atomic E-state index is 0.0231. The summed E-state index contributed by atoms with van der Waals surface area (Å²) in [7, 11) is 1.77. The lowest BCUT2D eigenvalue weighted by Gasteiger charge is -2.15. The third-order valence-electron chi connectivity index (χ3n) is 3.56. The van der Waals surface area contributed by atoms with Crippen LogP contribution in [0.5, 0.6) is 0 Å². The summed E-state index contributed by atoms with van der Waals surface area (Å²) >= 11 is 5.90. The van der Waals surface area contributed by atoms with E-state index < -0.39 is 0 Å². The first-order valence-corrected chi connectivity index (χ1v) is 6.62. The fourth-order valence-electron chi connectivity index (χ4n) is 2.60. The van der Waals surface area contributed by atoms with E-state index in [1.165, 1.54) is 12.1 Å². The topological polar surface area (TPSA) is 38.1 Å². The Kier molecular flexibility index (Phi) is 2.93. The molecule has 0 N–H and O–H groups in total. The number of likely N-dealkylation sites (N-methyl/N-ethyl adjacent to an activating group) is 1. The zero-order chi connectivity index (χ0) is 13.6. The molecule has 0 saturated carbocycles. The van der Waals surface area contributed by atoms with Crippen LogP contribution in [-0.2, 0) is 10.7 Å². The molecule has 100 valence electrons. The molecule has 1 atom stereocenters. The zero-order valence-electron chi connectivity index (χ0n) is 10.4. The lowest BCUT2D eigenvalue weighted by Crippen LogP contribution is -2.25. The van der Waals surface area contributed by atoms with Gasteiger partial charge in [-0.05, 0) is 24.6 Å². The number of imidazole rings is 1. The highest BCUT2D eigenvalue weighted by Crippen LogP contribution is 2.29. The van der Waals surface area contributed by atoms with E-state index in [4.69, 9.17) is 11.6 Å². The SMILES string of the molecule is CN1CCC(n2c(CCl)nc3ccc(F)cc32)C1=O. The van der Waals surface area contributed by atoms with E-state index in [0.29, 0.717) is 29.8 Å². The maximum atomic E-state index is 13.4. The summed E-state index contributed by atoms with van der Waals surface area (Å²) in [6.45, 7) is 0.695. The fourth-order valence-corrected chi connectivity index (χ4v) is 2.79. The maximum absolute atomic E-state index is 13.4. The highest BCUT2D eigenvalue weighted by atomic mass is 35.5. The van der Waals surface area contributed by atoms with Crippen LogP contribution in [0.15, 0.2) is 18.2 Å². The van der Waals surface area contributed by atoms with Crippen molar-refractivity contribution in [1.29, 1.82) is 0 Å². The number of fused-ring (bicyclic) bond motifs is 1. The van der Waals surface area contributed by atoms with Crippen LogP contribution < -0.4 is 0 Å². The number of halogens is 2. The summed E-state index contributed by atoms with van der Waals surface area (Å²) in [5.41, 5.74) is 1.30. The van der Waals surface area contributed by atoms with E-state index >= 15 is 0 Å². The van der Waals surface area contributed by atoms with E-state index in [1.54, 1.807) is 22.6 Å². The molecule has 4 nitrogen and oxygen atoms in total. The largest absolute Gasteiger partial charge is 0.344 e. The van der Waals surface area contributed by atoms with Crippen molar-refractivity contribution in [3.63, 3.8) is 0 Å². The quantitative estimate of drug-likeness (QED) is 0.793. The monoisotopic (exact) mass is 281 g/mol. The standard InChI is InChI=1S/C13H13ClFN3O/c1-17-5-4-10(13(17)19)18-11-6-8(15)2-3-9(11)16-12(18)7-14/h2-3,6,10H,4-5,7H2,1H3. The maximum Gasteiger partial charge on any atom is 0.245 e. The highest BCUT2D eigenvalue weighted by molar-refractivity contribution is 6.17. The second-order valence-electron chi connectivity index (χ2n) is 4.73. The molecule has 1 amide bonds. The Bertz CT molecular complexity index is 655. The first-order valence-electron chi connectivity index (χ1n) is 6.09. The number of nitrogens with zero attached hydrogens (tertiary/aromatic N) is 3. The summed E-state index contributed by atoms with van der Waals surface area (Å²) in [5.74, 6) is 0.489. The Morgan fingerprint density at radius 3 is 2.95 bits per heavy atom. The molecule has 6 heteroatoms. The summed E-state index contributed by atoms with van der Waals surface area (Å²) in [6.07, 6.45) is 0.696. The van der Waals surface area contributed by atoms with Gasteiger partial charge in [-0.25, -0.2) is 9.37 Å². The molecule has 1 unspecified atom stereocenters. The van der Waals surface area contributed by atoms with Crippen molar-refractivity contribution in [2.75, 3.05) is 13.6 Å². The average Bonchev–Trinajstić information content (AvgIpc) is 2.91. The normalized spacial score (nSPS) is 19.6. The lowest BCUT2D eigenvalue weighted by atomic mass is 10.2. The van der Waals surface area contributed by atoms with Crippen LogP contribution in [0, 0.1) is 5.82 Å². The Hall–Kier alpha value is -1.62. The Morgan fingerprint density at radius 1 is 1.53 bits per heavy atom. The van der Waals surface area contributed by atoms with Gasteiger partial charge in [-0.3, -0.25) is 4.79 Å². The Morgan fingerprint density at radius 2 is 2.32 bits per heavy atom. The summed E-state index contributed by atoms with van der Waals surface area (Å²) in [5, 5.41) is 0. The van der Waals surface area contributed by atoms with Gasteiger partial charge in [0, 0.05) is 13.6 Å². The molecule has 2 aromatic rings. The lowest BCUT2D eigenvalue weighted by molar-refractivity contribution is -0.129. The Labute approximate surface area is 114 Å². The van der Waals surface area contributed by atoms with Crippen LogP contribution in [0.3, 0.4) is 0 Å². The van der Waals surface area contributed by atoms with Crippen molar-refractivity contribution in [2.24, 2.45) is 0 Å². The van der Waals surface area contributed by atoms with Crippen LogP contribution in [0.2, 0.25) is 0 Å². The first kappa shape index (κ1) is 12.4. The molecule has 0 aliphatic carbocycles.